The number of carbonyl (C=O) groups is 1. The van der Waals surface area contributed by atoms with Gasteiger partial charge < -0.3 is 10.1 Å². The van der Waals surface area contributed by atoms with Gasteiger partial charge in [-0.05, 0) is 35.7 Å². The molecule has 0 saturated heterocycles. The zero-order valence-corrected chi connectivity index (χ0v) is 17.5. The van der Waals surface area contributed by atoms with Gasteiger partial charge in [0.1, 0.15) is 5.75 Å². The van der Waals surface area contributed by atoms with Gasteiger partial charge in [0.25, 0.3) is 0 Å². The fourth-order valence-electron chi connectivity index (χ4n) is 3.15. The summed E-state index contributed by atoms with van der Waals surface area (Å²) < 4.78 is 5.43. The molecule has 5 heteroatoms. The van der Waals surface area contributed by atoms with E-state index in [1.807, 2.05) is 54.8 Å². The summed E-state index contributed by atoms with van der Waals surface area (Å²) in [5.41, 5.74) is 5.17. The van der Waals surface area contributed by atoms with Crippen LogP contribution in [0.15, 0.2) is 84.2 Å². The normalized spacial score (nSPS) is 10.6. The van der Waals surface area contributed by atoms with Crippen LogP contribution < -0.4 is 10.1 Å². The number of rotatable bonds is 7. The Bertz CT molecular complexity index is 1100. The van der Waals surface area contributed by atoms with E-state index in [2.05, 4.69) is 46.7 Å². The third-order valence-corrected chi connectivity index (χ3v) is 5.40. The number of hydrogen-bond acceptors (Lipinski definition) is 4. The van der Waals surface area contributed by atoms with Crippen LogP contribution >= 0.6 is 11.3 Å². The van der Waals surface area contributed by atoms with Crippen molar-refractivity contribution in [3.63, 3.8) is 0 Å². The summed E-state index contributed by atoms with van der Waals surface area (Å²) in [6.45, 7) is 2.57. The second kappa shape index (κ2) is 9.37. The number of hydrogen-bond donors (Lipinski definition) is 1. The SMILES string of the molecule is CCOc1ccc(CC(=O)Nc2nc(-c3ccc(-c4ccccc4)cc3)cs2)cc1. The van der Waals surface area contributed by atoms with Crippen LogP contribution in [0.25, 0.3) is 22.4 Å². The number of thiazole rings is 1. The van der Waals surface area contributed by atoms with Crippen molar-refractivity contribution in [2.45, 2.75) is 13.3 Å². The molecule has 0 saturated carbocycles. The van der Waals surface area contributed by atoms with E-state index < -0.39 is 0 Å². The fraction of sp³-hybridized carbons (Fsp3) is 0.120. The van der Waals surface area contributed by atoms with Crippen LogP contribution in [-0.4, -0.2) is 17.5 Å². The van der Waals surface area contributed by atoms with Gasteiger partial charge in [0.05, 0.1) is 18.7 Å². The Kier molecular flexibility index (Phi) is 6.20. The van der Waals surface area contributed by atoms with E-state index >= 15 is 0 Å². The minimum atomic E-state index is -0.0838. The highest BCUT2D eigenvalue weighted by molar-refractivity contribution is 7.14. The molecule has 0 aliphatic heterocycles. The standard InChI is InChI=1S/C25H22N2O2S/c1-2-29-22-14-8-18(9-15-22)16-24(28)27-25-26-23(17-30-25)21-12-10-20(11-13-21)19-6-4-3-5-7-19/h3-15,17H,2,16H2,1H3,(H,26,27,28). The predicted octanol–water partition coefficient (Wildman–Crippen LogP) is 6.06. The third kappa shape index (κ3) is 4.93. The fourth-order valence-corrected chi connectivity index (χ4v) is 3.88. The maximum atomic E-state index is 12.4. The summed E-state index contributed by atoms with van der Waals surface area (Å²) in [6.07, 6.45) is 0.299. The van der Waals surface area contributed by atoms with Crippen LogP contribution in [0.5, 0.6) is 5.75 Å². The second-order valence-corrected chi connectivity index (χ2v) is 7.64. The molecule has 1 N–H and O–H groups in total. The number of nitrogens with one attached hydrogen (secondary N) is 1. The van der Waals surface area contributed by atoms with Crippen LogP contribution in [0.3, 0.4) is 0 Å². The molecule has 4 aromatic rings. The summed E-state index contributed by atoms with van der Waals surface area (Å²) in [6, 6.07) is 26.1. The number of nitrogens with zero attached hydrogens (tertiary/aromatic N) is 1. The van der Waals surface area contributed by atoms with Crippen molar-refractivity contribution in [2.24, 2.45) is 0 Å². The van der Waals surface area contributed by atoms with Gasteiger partial charge in [0, 0.05) is 10.9 Å². The molecule has 3 aromatic carbocycles. The molecule has 30 heavy (non-hydrogen) atoms. The lowest BCUT2D eigenvalue weighted by atomic mass is 10.0. The maximum Gasteiger partial charge on any atom is 0.230 e. The zero-order valence-electron chi connectivity index (χ0n) is 16.7. The molecule has 0 aliphatic rings. The number of aromatic nitrogens is 1. The summed E-state index contributed by atoms with van der Waals surface area (Å²) in [5.74, 6) is 0.726. The highest BCUT2D eigenvalue weighted by Gasteiger charge is 2.09. The Morgan fingerprint density at radius 1 is 0.900 bits per heavy atom. The minimum Gasteiger partial charge on any atom is -0.494 e. The van der Waals surface area contributed by atoms with E-state index in [9.17, 15) is 4.79 Å². The number of anilines is 1. The molecule has 4 rings (SSSR count). The molecule has 0 spiro atoms. The molecular formula is C25H22N2O2S. The molecule has 1 aromatic heterocycles. The lowest BCUT2D eigenvalue weighted by Crippen LogP contribution is -2.14. The average molecular weight is 415 g/mol. The largest absolute Gasteiger partial charge is 0.494 e. The van der Waals surface area contributed by atoms with Gasteiger partial charge in [-0.25, -0.2) is 4.98 Å². The quantitative estimate of drug-likeness (QED) is 0.400. The highest BCUT2D eigenvalue weighted by atomic mass is 32.1. The van der Waals surface area contributed by atoms with Crippen LogP contribution in [0, 0.1) is 0 Å². The van der Waals surface area contributed by atoms with Crippen molar-refractivity contribution in [3.05, 3.63) is 89.8 Å². The van der Waals surface area contributed by atoms with E-state index in [0.29, 0.717) is 18.2 Å². The molecule has 4 nitrogen and oxygen atoms in total. The van der Waals surface area contributed by atoms with E-state index in [4.69, 9.17) is 4.74 Å². The average Bonchev–Trinajstić information content (AvgIpc) is 3.24. The highest BCUT2D eigenvalue weighted by Crippen LogP contribution is 2.27. The maximum absolute atomic E-state index is 12.4. The van der Waals surface area contributed by atoms with Crippen molar-refractivity contribution >= 4 is 22.4 Å². The van der Waals surface area contributed by atoms with Gasteiger partial charge in [-0.3, -0.25) is 4.79 Å². The summed E-state index contributed by atoms with van der Waals surface area (Å²) >= 11 is 1.43. The molecule has 0 aliphatic carbocycles. The van der Waals surface area contributed by atoms with Crippen molar-refractivity contribution < 1.29 is 9.53 Å². The van der Waals surface area contributed by atoms with Crippen LogP contribution in [0.4, 0.5) is 5.13 Å². The van der Waals surface area contributed by atoms with Gasteiger partial charge in [-0.1, -0.05) is 66.7 Å². The first-order valence-corrected chi connectivity index (χ1v) is 10.7. The molecule has 150 valence electrons. The first-order chi connectivity index (χ1) is 14.7. The van der Waals surface area contributed by atoms with E-state index in [1.54, 1.807) is 0 Å². The van der Waals surface area contributed by atoms with Crippen molar-refractivity contribution in [1.82, 2.24) is 4.98 Å². The van der Waals surface area contributed by atoms with E-state index in [1.165, 1.54) is 22.5 Å². The Hall–Kier alpha value is -3.44. The molecule has 0 unspecified atom stereocenters. The summed E-state index contributed by atoms with van der Waals surface area (Å²) in [5, 5.41) is 5.46. The molecule has 1 amide bonds. The first-order valence-electron chi connectivity index (χ1n) is 9.84. The smallest absolute Gasteiger partial charge is 0.230 e. The molecule has 0 bridgehead atoms. The topological polar surface area (TPSA) is 51.2 Å². The van der Waals surface area contributed by atoms with Crippen molar-refractivity contribution in [3.8, 4) is 28.1 Å². The van der Waals surface area contributed by atoms with Gasteiger partial charge in [-0.15, -0.1) is 11.3 Å². The minimum absolute atomic E-state index is 0.0838. The Morgan fingerprint density at radius 3 is 2.27 bits per heavy atom. The molecule has 1 heterocycles. The van der Waals surface area contributed by atoms with Gasteiger partial charge in [-0.2, -0.15) is 0 Å². The van der Waals surface area contributed by atoms with Gasteiger partial charge in [0.15, 0.2) is 5.13 Å². The van der Waals surface area contributed by atoms with Crippen molar-refractivity contribution in [1.29, 1.82) is 0 Å². The Labute approximate surface area is 180 Å². The van der Waals surface area contributed by atoms with Crippen molar-refractivity contribution in [2.75, 3.05) is 11.9 Å². The predicted molar refractivity (Wildman–Crippen MR) is 123 cm³/mol. The number of ether oxygens (including phenoxy) is 1. The lowest BCUT2D eigenvalue weighted by molar-refractivity contribution is -0.115. The number of carbonyl (C=O) groups excluding carboxylic acids is 1. The monoisotopic (exact) mass is 414 g/mol. The second-order valence-electron chi connectivity index (χ2n) is 6.78. The Morgan fingerprint density at radius 2 is 1.57 bits per heavy atom. The van der Waals surface area contributed by atoms with Gasteiger partial charge in [0.2, 0.25) is 5.91 Å². The van der Waals surface area contributed by atoms with Gasteiger partial charge >= 0.3 is 0 Å². The van der Waals surface area contributed by atoms with Crippen LogP contribution in [-0.2, 0) is 11.2 Å². The lowest BCUT2D eigenvalue weighted by Gasteiger charge is -2.05. The molecule has 0 atom stereocenters. The van der Waals surface area contributed by atoms with Crippen LogP contribution in [0.1, 0.15) is 12.5 Å². The summed E-state index contributed by atoms with van der Waals surface area (Å²) in [4.78, 5) is 16.9. The molecule has 0 fully saturated rings. The van der Waals surface area contributed by atoms with E-state index in [0.717, 1.165) is 22.6 Å². The van der Waals surface area contributed by atoms with E-state index in [-0.39, 0.29) is 5.91 Å². The Balaban J connectivity index is 1.38. The van der Waals surface area contributed by atoms with Crippen LogP contribution in [0.2, 0.25) is 0 Å². The molecule has 0 radical (unpaired) electrons. The zero-order chi connectivity index (χ0) is 20.8. The number of amides is 1. The molecular weight excluding hydrogens is 392 g/mol. The first kappa shape index (κ1) is 19.9. The number of benzene rings is 3. The summed E-state index contributed by atoms with van der Waals surface area (Å²) in [7, 11) is 0. The third-order valence-electron chi connectivity index (χ3n) is 4.64.